The summed E-state index contributed by atoms with van der Waals surface area (Å²) in [6.07, 6.45) is 2.78. The topological polar surface area (TPSA) is 21.7 Å². The Morgan fingerprint density at radius 3 is 2.48 bits per heavy atom. The summed E-state index contributed by atoms with van der Waals surface area (Å²) < 4.78 is 49.2. The highest BCUT2D eigenvalue weighted by atomic mass is 35.5. The van der Waals surface area contributed by atoms with Crippen LogP contribution < -0.4 is 0 Å². The van der Waals surface area contributed by atoms with Crippen LogP contribution in [0.25, 0.3) is 0 Å². The number of rotatable bonds is 9. The molecule has 184 valence electrons. The number of hydrogen-bond acceptors (Lipinski definition) is 3. The normalized spacial score (nSPS) is 22.7. The molecule has 1 aliphatic heterocycles. The largest absolute Gasteiger partial charge is 0.392 e. The second-order valence-corrected chi connectivity index (χ2v) is 9.99. The highest BCUT2D eigenvalue weighted by molar-refractivity contribution is 6.30. The van der Waals surface area contributed by atoms with Crippen molar-refractivity contribution in [3.05, 3.63) is 58.1 Å². The van der Waals surface area contributed by atoms with Crippen LogP contribution in [0.1, 0.15) is 51.5 Å². The van der Waals surface area contributed by atoms with Crippen molar-refractivity contribution in [2.75, 3.05) is 39.5 Å². The van der Waals surface area contributed by atoms with Gasteiger partial charge in [-0.3, -0.25) is 4.90 Å². The first-order chi connectivity index (χ1) is 15.7. The fourth-order valence-electron chi connectivity index (χ4n) is 4.65. The van der Waals surface area contributed by atoms with E-state index in [9.17, 15) is 13.2 Å². The first-order valence-electron chi connectivity index (χ1n) is 11.7. The number of alkyl halides is 3. The van der Waals surface area contributed by atoms with Crippen molar-refractivity contribution in [2.24, 2.45) is 0 Å². The van der Waals surface area contributed by atoms with Gasteiger partial charge in [-0.1, -0.05) is 47.9 Å². The van der Waals surface area contributed by atoms with Gasteiger partial charge in [0.1, 0.15) is 0 Å². The Morgan fingerprint density at radius 2 is 1.85 bits per heavy atom. The zero-order valence-corrected chi connectivity index (χ0v) is 20.4. The maximum Gasteiger partial charge on any atom is 0.392 e. The number of ether oxygens (including phenoxy) is 2. The van der Waals surface area contributed by atoms with Gasteiger partial charge in [0.2, 0.25) is 0 Å². The second-order valence-electron chi connectivity index (χ2n) is 9.56. The highest BCUT2D eigenvalue weighted by Gasteiger charge is 2.40. The minimum Gasteiger partial charge on any atom is -0.374 e. The van der Waals surface area contributed by atoms with Gasteiger partial charge in [0, 0.05) is 36.7 Å². The first kappa shape index (κ1) is 26.3. The lowest BCUT2D eigenvalue weighted by atomic mass is 9.64. The van der Waals surface area contributed by atoms with E-state index in [1.165, 1.54) is 37.8 Å². The van der Waals surface area contributed by atoms with Crippen LogP contribution in [0.15, 0.2) is 47.6 Å². The zero-order chi connectivity index (χ0) is 23.9. The molecule has 0 amide bonds. The second kappa shape index (κ2) is 11.9. The summed E-state index contributed by atoms with van der Waals surface area (Å²) >= 11 is 6.09. The molecule has 1 heterocycles. The fraction of sp³-hybridized carbons (Fsp3) is 0.615. The molecule has 0 spiro atoms. The number of halogens is 4. The molecular weight excluding hydrogens is 451 g/mol. The lowest BCUT2D eigenvalue weighted by Crippen LogP contribution is -2.48. The molecule has 1 aliphatic carbocycles. The molecule has 1 unspecified atom stereocenters. The van der Waals surface area contributed by atoms with Gasteiger partial charge >= 0.3 is 6.18 Å². The van der Waals surface area contributed by atoms with Crippen molar-refractivity contribution < 1.29 is 22.6 Å². The quantitative estimate of drug-likeness (QED) is 0.363. The molecule has 33 heavy (non-hydrogen) atoms. The summed E-state index contributed by atoms with van der Waals surface area (Å²) in [5, 5.41) is 0.768. The molecule has 1 aromatic carbocycles. The Kier molecular flexibility index (Phi) is 9.45. The predicted molar refractivity (Wildman–Crippen MR) is 127 cm³/mol. The van der Waals surface area contributed by atoms with Crippen LogP contribution in [0.4, 0.5) is 13.2 Å². The monoisotopic (exact) mass is 485 g/mol. The molecule has 2 aliphatic rings. The summed E-state index contributed by atoms with van der Waals surface area (Å²) in [4.78, 5) is 2.50. The molecule has 0 radical (unpaired) electrons. The number of allylic oxidation sites excluding steroid dienone is 3. The van der Waals surface area contributed by atoms with Crippen LogP contribution in [-0.2, 0) is 14.9 Å². The lowest BCUT2D eigenvalue weighted by Gasteiger charge is -2.46. The van der Waals surface area contributed by atoms with Crippen molar-refractivity contribution >= 4 is 11.6 Å². The standard InChI is InChI=1S/C26H35ClF3NO2/c1-20(15-26(28,29)30)5-6-21(2)17-32-18-24-16-31(13-4-14-33-24)19-25(11-3-12-25)22-7-9-23(27)10-8-22/h5-10,24H,3-4,11-19H2,1-2H3/b20-5+,21-6+. The average molecular weight is 486 g/mol. The van der Waals surface area contributed by atoms with Crippen LogP contribution in [0.2, 0.25) is 5.02 Å². The number of benzene rings is 1. The molecule has 0 bridgehead atoms. The summed E-state index contributed by atoms with van der Waals surface area (Å²) in [5.41, 5.74) is 2.74. The fourth-order valence-corrected chi connectivity index (χ4v) is 4.77. The first-order valence-corrected chi connectivity index (χ1v) is 12.1. The number of nitrogens with zero attached hydrogens (tertiary/aromatic N) is 1. The molecule has 1 atom stereocenters. The minimum absolute atomic E-state index is 0.00912. The van der Waals surface area contributed by atoms with Crippen molar-refractivity contribution in [3.8, 4) is 0 Å². The Hall–Kier alpha value is -1.34. The van der Waals surface area contributed by atoms with Crippen LogP contribution >= 0.6 is 11.6 Å². The predicted octanol–water partition coefficient (Wildman–Crippen LogP) is 6.71. The van der Waals surface area contributed by atoms with Gasteiger partial charge in [0.25, 0.3) is 0 Å². The Balaban J connectivity index is 1.49. The van der Waals surface area contributed by atoms with Crippen LogP contribution in [0.5, 0.6) is 0 Å². The van der Waals surface area contributed by atoms with Gasteiger partial charge in [-0.05, 0) is 56.4 Å². The molecular formula is C26H35ClF3NO2. The molecule has 1 saturated heterocycles. The van der Waals surface area contributed by atoms with E-state index >= 15 is 0 Å². The van der Waals surface area contributed by atoms with Crippen molar-refractivity contribution in [2.45, 2.75) is 63.6 Å². The average Bonchev–Trinajstić information content (AvgIpc) is 2.94. The van der Waals surface area contributed by atoms with Crippen LogP contribution in [0, 0.1) is 0 Å². The molecule has 1 saturated carbocycles. The third kappa shape index (κ3) is 8.43. The third-order valence-electron chi connectivity index (χ3n) is 6.49. The summed E-state index contributed by atoms with van der Waals surface area (Å²) in [5.74, 6) is 0. The SMILES string of the molecule is C/C(=C\C=C(/C)CC(F)(F)F)COCC1CN(CC2(c3ccc(Cl)cc3)CCC2)CCCO1. The maximum absolute atomic E-state index is 12.4. The van der Waals surface area contributed by atoms with E-state index in [-0.39, 0.29) is 17.1 Å². The molecule has 3 rings (SSSR count). The Labute approximate surface area is 200 Å². The van der Waals surface area contributed by atoms with Gasteiger partial charge in [0.05, 0.1) is 25.7 Å². The van der Waals surface area contributed by atoms with Crippen LogP contribution in [0.3, 0.4) is 0 Å². The smallest absolute Gasteiger partial charge is 0.374 e. The molecule has 0 aromatic heterocycles. The summed E-state index contributed by atoms with van der Waals surface area (Å²) in [6, 6.07) is 8.29. The van der Waals surface area contributed by atoms with Crippen molar-refractivity contribution in [3.63, 3.8) is 0 Å². The van der Waals surface area contributed by atoms with E-state index in [2.05, 4.69) is 17.0 Å². The van der Waals surface area contributed by atoms with E-state index in [4.69, 9.17) is 21.1 Å². The van der Waals surface area contributed by atoms with E-state index in [0.29, 0.717) is 19.8 Å². The van der Waals surface area contributed by atoms with Crippen molar-refractivity contribution in [1.82, 2.24) is 4.90 Å². The summed E-state index contributed by atoms with van der Waals surface area (Å²) in [7, 11) is 0. The van der Waals surface area contributed by atoms with E-state index in [1.807, 2.05) is 19.1 Å². The minimum atomic E-state index is -4.17. The number of hydrogen-bond donors (Lipinski definition) is 0. The van der Waals surface area contributed by atoms with E-state index < -0.39 is 12.6 Å². The highest BCUT2D eigenvalue weighted by Crippen LogP contribution is 2.44. The zero-order valence-electron chi connectivity index (χ0n) is 19.6. The lowest BCUT2D eigenvalue weighted by molar-refractivity contribution is -0.127. The van der Waals surface area contributed by atoms with Gasteiger partial charge < -0.3 is 9.47 Å². The summed E-state index contributed by atoms with van der Waals surface area (Å²) in [6.45, 7) is 7.76. The van der Waals surface area contributed by atoms with Gasteiger partial charge in [-0.15, -0.1) is 0 Å². The van der Waals surface area contributed by atoms with Crippen LogP contribution in [-0.4, -0.2) is 56.6 Å². The molecule has 1 aromatic rings. The maximum atomic E-state index is 12.4. The van der Waals surface area contributed by atoms with Gasteiger partial charge in [0.15, 0.2) is 0 Å². The third-order valence-corrected chi connectivity index (χ3v) is 6.74. The van der Waals surface area contributed by atoms with Gasteiger partial charge in [-0.2, -0.15) is 13.2 Å². The van der Waals surface area contributed by atoms with E-state index in [0.717, 1.165) is 36.7 Å². The van der Waals surface area contributed by atoms with Crippen molar-refractivity contribution in [1.29, 1.82) is 0 Å². The molecule has 3 nitrogen and oxygen atoms in total. The molecule has 0 N–H and O–H groups in total. The molecule has 2 fully saturated rings. The van der Waals surface area contributed by atoms with Gasteiger partial charge in [-0.25, -0.2) is 0 Å². The Bertz CT molecular complexity index is 816. The molecule has 7 heteroatoms. The van der Waals surface area contributed by atoms with E-state index in [1.54, 1.807) is 6.08 Å². The Morgan fingerprint density at radius 1 is 1.15 bits per heavy atom.